The van der Waals surface area contributed by atoms with E-state index in [9.17, 15) is 9.90 Å². The molecule has 0 aromatic heterocycles. The van der Waals surface area contributed by atoms with Crippen molar-refractivity contribution in [2.45, 2.75) is 63.7 Å². The highest BCUT2D eigenvalue weighted by Crippen LogP contribution is 2.46. The molecule has 1 aliphatic rings. The Bertz CT molecular complexity index is 525. The molecule has 1 N–H and O–H groups in total. The number of ether oxygens (including phenoxy) is 1. The molecule has 0 amide bonds. The molecule has 0 radical (unpaired) electrons. The predicted molar refractivity (Wildman–Crippen MR) is 84.1 cm³/mol. The molecule has 0 unspecified atom stereocenters. The molecule has 0 atom stereocenters. The van der Waals surface area contributed by atoms with E-state index in [-0.39, 0.29) is 5.41 Å². The predicted octanol–water partition coefficient (Wildman–Crippen LogP) is 4.28. The van der Waals surface area contributed by atoms with Crippen molar-refractivity contribution in [1.29, 1.82) is 0 Å². The first-order valence-corrected chi connectivity index (χ1v) is 7.80. The first-order valence-electron chi connectivity index (χ1n) is 7.80. The van der Waals surface area contributed by atoms with E-state index in [4.69, 9.17) is 4.74 Å². The van der Waals surface area contributed by atoms with Crippen molar-refractivity contribution >= 4 is 5.97 Å². The van der Waals surface area contributed by atoms with Gasteiger partial charge in [0.1, 0.15) is 5.75 Å². The highest BCUT2D eigenvalue weighted by molar-refractivity contribution is 5.83. The minimum absolute atomic E-state index is 0.0410. The molecule has 1 saturated carbocycles. The van der Waals surface area contributed by atoms with Crippen molar-refractivity contribution in [2.24, 2.45) is 0 Å². The zero-order chi connectivity index (χ0) is 15.7. The summed E-state index contributed by atoms with van der Waals surface area (Å²) in [6, 6.07) is 6.07. The van der Waals surface area contributed by atoms with Crippen LogP contribution in [0.4, 0.5) is 0 Å². The summed E-state index contributed by atoms with van der Waals surface area (Å²) in [7, 11) is 1.62. The fraction of sp³-hybridized carbons (Fsp3) is 0.611. The second-order valence-electron chi connectivity index (χ2n) is 6.75. The number of benzene rings is 1. The van der Waals surface area contributed by atoms with Gasteiger partial charge in [0.25, 0.3) is 0 Å². The van der Waals surface area contributed by atoms with Gasteiger partial charge >= 0.3 is 5.97 Å². The number of hydrogen-bond donors (Lipinski definition) is 1. The SMILES string of the molecule is CCC(C)(C)c1ccc(OC)c(C2(C(=O)O)CCCC2)c1. The Morgan fingerprint density at radius 1 is 1.33 bits per heavy atom. The molecule has 21 heavy (non-hydrogen) atoms. The maximum absolute atomic E-state index is 12.0. The molecule has 2 rings (SSSR count). The zero-order valence-electron chi connectivity index (χ0n) is 13.5. The molecule has 3 heteroatoms. The number of carboxylic acids is 1. The average molecular weight is 290 g/mol. The lowest BCUT2D eigenvalue weighted by Gasteiger charge is -2.30. The van der Waals surface area contributed by atoms with Crippen LogP contribution < -0.4 is 4.74 Å². The van der Waals surface area contributed by atoms with Crippen LogP contribution in [0.25, 0.3) is 0 Å². The Labute approximate surface area is 127 Å². The fourth-order valence-electron chi connectivity index (χ4n) is 3.28. The van der Waals surface area contributed by atoms with Gasteiger partial charge in [0.15, 0.2) is 0 Å². The first kappa shape index (κ1) is 15.9. The van der Waals surface area contributed by atoms with Gasteiger partial charge in [0.05, 0.1) is 12.5 Å². The van der Waals surface area contributed by atoms with Crippen LogP contribution >= 0.6 is 0 Å². The van der Waals surface area contributed by atoms with Gasteiger partial charge in [0, 0.05) is 5.56 Å². The number of carboxylic acid groups (broad SMARTS) is 1. The standard InChI is InChI=1S/C18H26O3/c1-5-17(2,3)13-8-9-15(21-4)14(12-13)18(16(19)20)10-6-7-11-18/h8-9,12H,5-7,10-11H2,1-4H3,(H,19,20). The van der Waals surface area contributed by atoms with Crippen LogP contribution in [0.15, 0.2) is 18.2 Å². The highest BCUT2D eigenvalue weighted by Gasteiger charge is 2.45. The van der Waals surface area contributed by atoms with Crippen molar-refractivity contribution in [1.82, 2.24) is 0 Å². The van der Waals surface area contributed by atoms with Crippen LogP contribution in [0.3, 0.4) is 0 Å². The summed E-state index contributed by atoms with van der Waals surface area (Å²) in [6.07, 6.45) is 4.36. The third kappa shape index (κ3) is 2.66. The third-order valence-corrected chi connectivity index (χ3v) is 5.25. The first-order chi connectivity index (χ1) is 9.87. The summed E-state index contributed by atoms with van der Waals surface area (Å²) in [5.41, 5.74) is 1.31. The Kier molecular flexibility index (Phi) is 4.31. The van der Waals surface area contributed by atoms with E-state index in [1.807, 2.05) is 6.07 Å². The summed E-state index contributed by atoms with van der Waals surface area (Å²) in [5.74, 6) is -0.0142. The van der Waals surface area contributed by atoms with Gasteiger partial charge < -0.3 is 9.84 Å². The van der Waals surface area contributed by atoms with Crippen LogP contribution in [0.1, 0.15) is 64.0 Å². The summed E-state index contributed by atoms with van der Waals surface area (Å²) in [6.45, 7) is 6.55. The van der Waals surface area contributed by atoms with E-state index in [1.54, 1.807) is 7.11 Å². The zero-order valence-corrected chi connectivity index (χ0v) is 13.5. The lowest BCUT2D eigenvalue weighted by atomic mass is 9.74. The van der Waals surface area contributed by atoms with Crippen LogP contribution in [0.2, 0.25) is 0 Å². The Morgan fingerprint density at radius 3 is 2.43 bits per heavy atom. The average Bonchev–Trinajstić information content (AvgIpc) is 2.97. The van der Waals surface area contributed by atoms with E-state index in [0.29, 0.717) is 18.6 Å². The Balaban J connectivity index is 2.60. The Morgan fingerprint density at radius 2 is 1.95 bits per heavy atom. The van der Waals surface area contributed by atoms with Crippen molar-refractivity contribution < 1.29 is 14.6 Å². The van der Waals surface area contributed by atoms with Gasteiger partial charge in [-0.2, -0.15) is 0 Å². The largest absolute Gasteiger partial charge is 0.496 e. The second-order valence-corrected chi connectivity index (χ2v) is 6.75. The molecule has 0 saturated heterocycles. The number of aliphatic carboxylic acids is 1. The smallest absolute Gasteiger partial charge is 0.314 e. The van der Waals surface area contributed by atoms with Gasteiger partial charge in [-0.15, -0.1) is 0 Å². The van der Waals surface area contributed by atoms with E-state index < -0.39 is 11.4 Å². The van der Waals surface area contributed by atoms with Gasteiger partial charge in [-0.25, -0.2) is 0 Å². The van der Waals surface area contributed by atoms with Crippen molar-refractivity contribution in [3.05, 3.63) is 29.3 Å². The number of methoxy groups -OCH3 is 1. The lowest BCUT2D eigenvalue weighted by Crippen LogP contribution is -2.33. The monoisotopic (exact) mass is 290 g/mol. The topological polar surface area (TPSA) is 46.5 Å². The van der Waals surface area contributed by atoms with Gasteiger partial charge in [-0.1, -0.05) is 45.7 Å². The normalized spacial score (nSPS) is 17.7. The van der Waals surface area contributed by atoms with Crippen LogP contribution in [-0.4, -0.2) is 18.2 Å². The minimum atomic E-state index is -0.773. The maximum atomic E-state index is 12.0. The molecule has 1 aromatic carbocycles. The van der Waals surface area contributed by atoms with Crippen molar-refractivity contribution in [3.8, 4) is 5.75 Å². The molecule has 0 spiro atoms. The number of hydrogen-bond acceptors (Lipinski definition) is 2. The fourth-order valence-corrected chi connectivity index (χ4v) is 3.28. The van der Waals surface area contributed by atoms with E-state index in [1.165, 1.54) is 5.56 Å². The second kappa shape index (κ2) is 5.70. The van der Waals surface area contributed by atoms with E-state index >= 15 is 0 Å². The molecule has 1 aliphatic carbocycles. The summed E-state index contributed by atoms with van der Waals surface area (Å²) >= 11 is 0. The lowest BCUT2D eigenvalue weighted by molar-refractivity contribution is -0.143. The van der Waals surface area contributed by atoms with Gasteiger partial charge in [-0.05, 0) is 36.3 Å². The molecular weight excluding hydrogens is 264 g/mol. The van der Waals surface area contributed by atoms with Crippen LogP contribution in [-0.2, 0) is 15.6 Å². The molecule has 3 nitrogen and oxygen atoms in total. The van der Waals surface area contributed by atoms with Crippen LogP contribution in [0, 0.1) is 0 Å². The van der Waals surface area contributed by atoms with Gasteiger partial charge in [0.2, 0.25) is 0 Å². The van der Waals surface area contributed by atoms with Crippen LogP contribution in [0.5, 0.6) is 5.75 Å². The van der Waals surface area contributed by atoms with E-state index in [2.05, 4.69) is 32.9 Å². The third-order valence-electron chi connectivity index (χ3n) is 5.25. The summed E-state index contributed by atoms with van der Waals surface area (Å²) < 4.78 is 5.47. The Hall–Kier alpha value is -1.51. The molecule has 0 bridgehead atoms. The minimum Gasteiger partial charge on any atom is -0.496 e. The quantitative estimate of drug-likeness (QED) is 0.880. The molecule has 1 fully saturated rings. The molecule has 0 heterocycles. The molecule has 0 aliphatic heterocycles. The highest BCUT2D eigenvalue weighted by atomic mass is 16.5. The summed E-state index contributed by atoms with van der Waals surface area (Å²) in [5, 5.41) is 9.83. The maximum Gasteiger partial charge on any atom is 0.314 e. The molecular formula is C18H26O3. The summed E-state index contributed by atoms with van der Waals surface area (Å²) in [4.78, 5) is 12.0. The van der Waals surface area contributed by atoms with Crippen molar-refractivity contribution in [3.63, 3.8) is 0 Å². The number of carbonyl (C=O) groups is 1. The van der Waals surface area contributed by atoms with Gasteiger partial charge in [-0.3, -0.25) is 4.79 Å². The van der Waals surface area contributed by atoms with Crippen molar-refractivity contribution in [2.75, 3.05) is 7.11 Å². The van der Waals surface area contributed by atoms with E-state index in [0.717, 1.165) is 24.8 Å². The number of rotatable bonds is 5. The molecule has 1 aromatic rings. The molecule has 116 valence electrons.